The molecule has 0 fully saturated rings. The fraction of sp³-hybridized carbons (Fsp3) is 0.250. The Balaban J connectivity index is 1.62. The van der Waals surface area contributed by atoms with Crippen molar-refractivity contribution in [2.75, 3.05) is 5.32 Å². The van der Waals surface area contributed by atoms with E-state index in [0.717, 1.165) is 41.6 Å². The van der Waals surface area contributed by atoms with E-state index in [0.29, 0.717) is 13.1 Å². The minimum atomic E-state index is 0.628. The van der Waals surface area contributed by atoms with Gasteiger partial charge in [0.15, 0.2) is 0 Å². The molecule has 0 aliphatic heterocycles. The van der Waals surface area contributed by atoms with E-state index in [-0.39, 0.29) is 0 Å². The summed E-state index contributed by atoms with van der Waals surface area (Å²) in [4.78, 5) is 5.10. The van der Waals surface area contributed by atoms with Crippen LogP contribution in [0, 0.1) is 0 Å². The first-order valence-electron chi connectivity index (χ1n) is 10.2. The maximum atomic E-state index is 5.67. The number of benzene rings is 1. The summed E-state index contributed by atoms with van der Waals surface area (Å²) in [5, 5.41) is 3.53. The Labute approximate surface area is 170 Å². The van der Waals surface area contributed by atoms with Crippen molar-refractivity contribution in [1.29, 1.82) is 0 Å². The van der Waals surface area contributed by atoms with Gasteiger partial charge in [-0.1, -0.05) is 18.2 Å². The van der Waals surface area contributed by atoms with E-state index in [2.05, 4.69) is 34.1 Å². The molecule has 1 aromatic carbocycles. The van der Waals surface area contributed by atoms with Gasteiger partial charge in [0.25, 0.3) is 0 Å². The number of aromatic nitrogens is 2. The molecule has 1 aliphatic rings. The van der Waals surface area contributed by atoms with Crippen LogP contribution < -0.4 is 9.88 Å². The van der Waals surface area contributed by atoms with Crippen LogP contribution in [0.25, 0.3) is 11.4 Å². The first-order valence-corrected chi connectivity index (χ1v) is 10.2. The number of nitrogens with one attached hydrogen (secondary N) is 1. The third kappa shape index (κ3) is 3.68. The van der Waals surface area contributed by atoms with Crippen LogP contribution in [0.5, 0.6) is 0 Å². The lowest BCUT2D eigenvalue weighted by molar-refractivity contribution is -0.689. The Bertz CT molecular complexity index is 1070. The minimum Gasteiger partial charge on any atom is -0.467 e. The molecule has 1 aliphatic carbocycles. The predicted molar refractivity (Wildman–Crippen MR) is 110 cm³/mol. The summed E-state index contributed by atoms with van der Waals surface area (Å²) < 4.78 is 13.5. The van der Waals surface area contributed by atoms with E-state index < -0.39 is 0 Å². The maximum Gasteiger partial charge on any atom is 0.333 e. The number of fused-ring (bicyclic) bond motifs is 1. The van der Waals surface area contributed by atoms with Crippen molar-refractivity contribution in [2.24, 2.45) is 0 Å². The van der Waals surface area contributed by atoms with E-state index in [4.69, 9.17) is 13.8 Å². The zero-order chi connectivity index (χ0) is 19.5. The quantitative estimate of drug-likeness (QED) is 0.486. The molecule has 4 aromatic rings. The van der Waals surface area contributed by atoms with Crippen LogP contribution in [0.1, 0.15) is 35.6 Å². The van der Waals surface area contributed by atoms with Crippen LogP contribution in [0.2, 0.25) is 0 Å². The highest BCUT2D eigenvalue weighted by atomic mass is 16.3. The number of furan rings is 2. The Morgan fingerprint density at radius 1 is 0.862 bits per heavy atom. The predicted octanol–water partition coefficient (Wildman–Crippen LogP) is 4.76. The molecule has 146 valence electrons. The Kier molecular flexibility index (Phi) is 4.87. The van der Waals surface area contributed by atoms with E-state index in [9.17, 15) is 0 Å². The van der Waals surface area contributed by atoms with Gasteiger partial charge in [0.1, 0.15) is 23.8 Å². The molecule has 3 heterocycles. The summed E-state index contributed by atoms with van der Waals surface area (Å²) >= 11 is 0. The molecule has 0 amide bonds. The molecular formula is C24H24N3O2+. The average Bonchev–Trinajstić information content (AvgIpc) is 3.48. The first kappa shape index (κ1) is 17.7. The van der Waals surface area contributed by atoms with Gasteiger partial charge in [0.2, 0.25) is 5.82 Å². The topological polar surface area (TPSA) is 55.1 Å². The molecule has 0 bridgehead atoms. The third-order valence-electron chi connectivity index (χ3n) is 5.46. The minimum absolute atomic E-state index is 0.628. The molecule has 5 nitrogen and oxygen atoms in total. The van der Waals surface area contributed by atoms with Gasteiger partial charge in [-0.2, -0.15) is 0 Å². The standard InChI is InChI=1S/C24H23N3O2/c1-2-8-18(9-3-1)24-26-23(25-16-19-10-6-14-28-19)21-12-4-5-13-22(21)27(24)17-20-11-7-15-29-20/h1-3,6-11,14-15H,4-5,12-13,16-17H2/p+1. The van der Waals surface area contributed by atoms with Crippen LogP contribution in [-0.4, -0.2) is 4.98 Å². The summed E-state index contributed by atoms with van der Waals surface area (Å²) in [6, 6.07) is 18.3. The number of nitrogens with zero attached hydrogens (tertiary/aromatic N) is 2. The number of hydrogen-bond donors (Lipinski definition) is 1. The molecule has 3 aromatic heterocycles. The Hall–Kier alpha value is -3.34. The highest BCUT2D eigenvalue weighted by molar-refractivity contribution is 5.57. The normalized spacial score (nSPS) is 13.2. The second kappa shape index (κ2) is 7.95. The monoisotopic (exact) mass is 386 g/mol. The van der Waals surface area contributed by atoms with Crippen LogP contribution >= 0.6 is 0 Å². The maximum absolute atomic E-state index is 5.67. The molecule has 5 heteroatoms. The Morgan fingerprint density at radius 3 is 2.38 bits per heavy atom. The Morgan fingerprint density at radius 2 is 1.62 bits per heavy atom. The molecule has 0 radical (unpaired) electrons. The van der Waals surface area contributed by atoms with E-state index >= 15 is 0 Å². The fourth-order valence-corrected chi connectivity index (χ4v) is 4.07. The van der Waals surface area contributed by atoms with Gasteiger partial charge >= 0.3 is 5.82 Å². The van der Waals surface area contributed by atoms with Crippen LogP contribution in [-0.2, 0) is 25.9 Å². The molecule has 29 heavy (non-hydrogen) atoms. The van der Waals surface area contributed by atoms with E-state index in [1.807, 2.05) is 30.3 Å². The largest absolute Gasteiger partial charge is 0.467 e. The second-order valence-electron chi connectivity index (χ2n) is 7.38. The summed E-state index contributed by atoms with van der Waals surface area (Å²) in [5.74, 6) is 3.78. The molecule has 0 saturated heterocycles. The van der Waals surface area contributed by atoms with Gasteiger partial charge in [-0.05, 0) is 60.6 Å². The van der Waals surface area contributed by atoms with Gasteiger partial charge in [0, 0.05) is 6.42 Å². The smallest absolute Gasteiger partial charge is 0.333 e. The van der Waals surface area contributed by atoms with Gasteiger partial charge in [-0.3, -0.25) is 0 Å². The molecular weight excluding hydrogens is 362 g/mol. The van der Waals surface area contributed by atoms with Crippen molar-refractivity contribution in [1.82, 2.24) is 4.98 Å². The molecule has 5 rings (SSSR count). The highest BCUT2D eigenvalue weighted by Gasteiger charge is 2.30. The molecule has 0 atom stereocenters. The number of hydrogen-bond acceptors (Lipinski definition) is 4. The third-order valence-corrected chi connectivity index (χ3v) is 5.46. The van der Waals surface area contributed by atoms with Gasteiger partial charge in [-0.15, -0.1) is 0 Å². The second-order valence-corrected chi connectivity index (χ2v) is 7.38. The van der Waals surface area contributed by atoms with Crippen molar-refractivity contribution in [3.8, 4) is 11.4 Å². The van der Waals surface area contributed by atoms with Crippen LogP contribution in [0.3, 0.4) is 0 Å². The lowest BCUT2D eigenvalue weighted by Crippen LogP contribution is -2.44. The molecule has 1 N–H and O–H groups in total. The van der Waals surface area contributed by atoms with Gasteiger partial charge < -0.3 is 14.2 Å². The zero-order valence-corrected chi connectivity index (χ0v) is 16.3. The van der Waals surface area contributed by atoms with Gasteiger partial charge in [0.05, 0.1) is 30.2 Å². The van der Waals surface area contributed by atoms with Crippen molar-refractivity contribution < 1.29 is 13.4 Å². The van der Waals surface area contributed by atoms with E-state index in [1.54, 1.807) is 12.5 Å². The average molecular weight is 386 g/mol. The summed E-state index contributed by atoms with van der Waals surface area (Å²) in [6.07, 6.45) is 7.91. The summed E-state index contributed by atoms with van der Waals surface area (Å²) in [6.45, 7) is 1.31. The highest BCUT2D eigenvalue weighted by Crippen LogP contribution is 2.28. The number of rotatable bonds is 6. The molecule has 0 spiro atoms. The zero-order valence-electron chi connectivity index (χ0n) is 16.3. The SMILES string of the molecule is c1ccc(-c2nc(NCc3ccco3)c3c([n+]2Cc2ccco2)CCCC3)cc1. The van der Waals surface area contributed by atoms with Crippen molar-refractivity contribution in [3.63, 3.8) is 0 Å². The van der Waals surface area contributed by atoms with Crippen LogP contribution in [0.15, 0.2) is 76.0 Å². The van der Waals surface area contributed by atoms with Crippen molar-refractivity contribution in [3.05, 3.63) is 89.9 Å². The molecule has 0 saturated carbocycles. The van der Waals surface area contributed by atoms with Crippen LogP contribution in [0.4, 0.5) is 5.82 Å². The van der Waals surface area contributed by atoms with Gasteiger partial charge in [-0.25, -0.2) is 4.57 Å². The summed E-state index contributed by atoms with van der Waals surface area (Å²) in [7, 11) is 0. The van der Waals surface area contributed by atoms with Crippen molar-refractivity contribution in [2.45, 2.75) is 38.8 Å². The lowest BCUT2D eigenvalue weighted by Gasteiger charge is -2.20. The molecule has 0 unspecified atom stereocenters. The first-order chi connectivity index (χ1) is 14.4. The van der Waals surface area contributed by atoms with Crippen molar-refractivity contribution >= 4 is 5.82 Å². The lowest BCUT2D eigenvalue weighted by atomic mass is 9.95. The summed E-state index contributed by atoms with van der Waals surface area (Å²) in [5.41, 5.74) is 3.77. The van der Waals surface area contributed by atoms with E-state index in [1.165, 1.54) is 24.1 Å². The fourth-order valence-electron chi connectivity index (χ4n) is 4.07. The number of anilines is 1.